The Labute approximate surface area is 125 Å². The molecule has 0 radical (unpaired) electrons. The van der Waals surface area contributed by atoms with E-state index in [9.17, 15) is 9.90 Å². The highest BCUT2D eigenvalue weighted by Gasteiger charge is 2.25. The van der Waals surface area contributed by atoms with Gasteiger partial charge in [-0.25, -0.2) is 0 Å². The average molecular weight is 295 g/mol. The molecule has 2 heterocycles. The lowest BCUT2D eigenvalue weighted by molar-refractivity contribution is 0.0531. The number of hydrogen-bond acceptors (Lipinski definition) is 4. The van der Waals surface area contributed by atoms with Crippen LogP contribution in [0.2, 0.25) is 0 Å². The van der Waals surface area contributed by atoms with E-state index in [0.717, 1.165) is 12.1 Å². The number of nitrogens with zero attached hydrogens (tertiary/aromatic N) is 3. The van der Waals surface area contributed by atoms with Crippen molar-refractivity contribution < 1.29 is 14.6 Å². The van der Waals surface area contributed by atoms with E-state index in [1.807, 2.05) is 13.0 Å². The van der Waals surface area contributed by atoms with Gasteiger partial charge in [0.15, 0.2) is 0 Å². The number of rotatable bonds is 4. The van der Waals surface area contributed by atoms with E-state index in [1.54, 1.807) is 9.58 Å². The van der Waals surface area contributed by atoms with Crippen molar-refractivity contribution in [1.29, 1.82) is 0 Å². The van der Waals surface area contributed by atoms with Crippen LogP contribution in [0.5, 0.6) is 0 Å². The van der Waals surface area contributed by atoms with Crippen LogP contribution in [-0.2, 0) is 17.7 Å². The van der Waals surface area contributed by atoms with E-state index < -0.39 is 6.10 Å². The van der Waals surface area contributed by atoms with Crippen LogP contribution < -0.4 is 0 Å². The highest BCUT2D eigenvalue weighted by molar-refractivity contribution is 5.92. The second-order valence-corrected chi connectivity index (χ2v) is 5.91. The zero-order valence-corrected chi connectivity index (χ0v) is 13.1. The molecule has 1 atom stereocenters. The van der Waals surface area contributed by atoms with Gasteiger partial charge in [0.1, 0.15) is 5.69 Å². The van der Waals surface area contributed by atoms with Crippen molar-refractivity contribution in [3.05, 3.63) is 17.5 Å². The van der Waals surface area contributed by atoms with Crippen LogP contribution in [0, 0.1) is 5.92 Å². The Morgan fingerprint density at radius 3 is 3.00 bits per heavy atom. The normalized spacial score (nSPS) is 19.9. The molecule has 6 nitrogen and oxygen atoms in total. The summed E-state index contributed by atoms with van der Waals surface area (Å²) in [6.45, 7) is 8.47. The van der Waals surface area contributed by atoms with Crippen LogP contribution in [0.25, 0.3) is 0 Å². The molecule has 0 bridgehead atoms. The number of carbonyl (C=O) groups excluding carboxylic acids is 1. The van der Waals surface area contributed by atoms with Crippen LogP contribution in [0.4, 0.5) is 0 Å². The molecule has 6 heteroatoms. The molecule has 1 N–H and O–H groups in total. The minimum atomic E-state index is -0.621. The topological polar surface area (TPSA) is 67.6 Å². The molecule has 2 rings (SSSR count). The summed E-state index contributed by atoms with van der Waals surface area (Å²) in [5.74, 6) is 0.422. The highest BCUT2D eigenvalue weighted by atomic mass is 16.5. The summed E-state index contributed by atoms with van der Waals surface area (Å²) in [7, 11) is 0. The third-order valence-electron chi connectivity index (χ3n) is 3.50. The van der Waals surface area contributed by atoms with Gasteiger partial charge in [-0.2, -0.15) is 5.10 Å². The number of aliphatic hydroxyl groups excluding tert-OH is 1. The Morgan fingerprint density at radius 2 is 2.33 bits per heavy atom. The molecule has 1 aliphatic heterocycles. The van der Waals surface area contributed by atoms with Gasteiger partial charge in [-0.05, 0) is 25.3 Å². The predicted octanol–water partition coefficient (Wildman–Crippen LogP) is 0.935. The van der Waals surface area contributed by atoms with Gasteiger partial charge in [0.2, 0.25) is 0 Å². The molecule has 1 amide bonds. The molecule has 0 unspecified atom stereocenters. The van der Waals surface area contributed by atoms with Crippen molar-refractivity contribution in [2.45, 2.75) is 39.8 Å². The molecule has 21 heavy (non-hydrogen) atoms. The van der Waals surface area contributed by atoms with Gasteiger partial charge in [0.25, 0.3) is 5.91 Å². The monoisotopic (exact) mass is 295 g/mol. The van der Waals surface area contributed by atoms with Gasteiger partial charge in [-0.15, -0.1) is 0 Å². The molecule has 0 aromatic carbocycles. The van der Waals surface area contributed by atoms with Gasteiger partial charge in [-0.1, -0.05) is 13.8 Å². The van der Waals surface area contributed by atoms with E-state index in [2.05, 4.69) is 18.9 Å². The molecular formula is C15H25N3O3. The van der Waals surface area contributed by atoms with E-state index in [4.69, 9.17) is 4.74 Å². The van der Waals surface area contributed by atoms with Crippen LogP contribution in [0.15, 0.2) is 6.07 Å². The molecule has 1 saturated heterocycles. The number of aryl methyl sites for hydroxylation is 1. The highest BCUT2D eigenvalue weighted by Crippen LogP contribution is 2.13. The van der Waals surface area contributed by atoms with E-state index in [-0.39, 0.29) is 12.5 Å². The van der Waals surface area contributed by atoms with E-state index >= 15 is 0 Å². The smallest absolute Gasteiger partial charge is 0.272 e. The van der Waals surface area contributed by atoms with Crippen LogP contribution >= 0.6 is 0 Å². The number of amides is 1. The van der Waals surface area contributed by atoms with Crippen LogP contribution in [-0.4, -0.2) is 58.1 Å². The molecule has 118 valence electrons. The lowest BCUT2D eigenvalue weighted by atomic mass is 10.1. The molecule has 1 aromatic rings. The van der Waals surface area contributed by atoms with Gasteiger partial charge >= 0.3 is 0 Å². The predicted molar refractivity (Wildman–Crippen MR) is 79.2 cm³/mol. The first-order valence-corrected chi connectivity index (χ1v) is 7.63. The molecule has 0 saturated carbocycles. The number of aromatic nitrogens is 2. The Bertz CT molecular complexity index is 485. The van der Waals surface area contributed by atoms with Crippen molar-refractivity contribution in [2.75, 3.05) is 26.3 Å². The SMILES string of the molecule is CCn1nc(CC(C)C)cc1C(=O)N1CCOC[C@H](O)C1. The summed E-state index contributed by atoms with van der Waals surface area (Å²) in [5, 5.41) is 14.3. The molecule has 1 aliphatic rings. The first-order valence-electron chi connectivity index (χ1n) is 7.63. The molecule has 0 spiro atoms. The van der Waals surface area contributed by atoms with Crippen molar-refractivity contribution in [1.82, 2.24) is 14.7 Å². The largest absolute Gasteiger partial charge is 0.389 e. The van der Waals surface area contributed by atoms with Crippen molar-refractivity contribution in [2.24, 2.45) is 5.92 Å². The van der Waals surface area contributed by atoms with Gasteiger partial charge in [-0.3, -0.25) is 9.48 Å². The van der Waals surface area contributed by atoms with Crippen molar-refractivity contribution in [3.63, 3.8) is 0 Å². The summed E-state index contributed by atoms with van der Waals surface area (Å²) in [5.41, 5.74) is 1.55. The maximum atomic E-state index is 12.7. The number of carbonyl (C=O) groups is 1. The number of β-amino-alcohol motifs (C(OH)–C–C–N with tert-alkyl or cyclic N) is 1. The van der Waals surface area contributed by atoms with Gasteiger partial charge in [0, 0.05) is 19.6 Å². The second kappa shape index (κ2) is 7.04. The minimum absolute atomic E-state index is 0.0797. The molecular weight excluding hydrogens is 270 g/mol. The number of aliphatic hydroxyl groups is 1. The van der Waals surface area contributed by atoms with Crippen LogP contribution in [0.3, 0.4) is 0 Å². The Hall–Kier alpha value is -1.40. The zero-order valence-electron chi connectivity index (χ0n) is 13.1. The molecule has 1 fully saturated rings. The Kier molecular flexibility index (Phi) is 5.36. The maximum absolute atomic E-state index is 12.7. The Balaban J connectivity index is 2.18. The first kappa shape index (κ1) is 16.0. The maximum Gasteiger partial charge on any atom is 0.272 e. The standard InChI is InChI=1S/C15H25N3O3/c1-4-18-14(8-12(16-18)7-11(2)3)15(20)17-5-6-21-10-13(19)9-17/h8,11,13,19H,4-7,9-10H2,1-3H3/t13-/m1/s1. The van der Waals surface area contributed by atoms with Gasteiger partial charge in [0.05, 0.1) is 25.0 Å². The van der Waals surface area contributed by atoms with E-state index in [0.29, 0.717) is 37.9 Å². The van der Waals surface area contributed by atoms with Crippen molar-refractivity contribution in [3.8, 4) is 0 Å². The third-order valence-corrected chi connectivity index (χ3v) is 3.50. The summed E-state index contributed by atoms with van der Waals surface area (Å²) in [6, 6.07) is 1.88. The average Bonchev–Trinajstić information content (AvgIpc) is 2.70. The zero-order chi connectivity index (χ0) is 15.4. The third kappa shape index (κ3) is 4.04. The second-order valence-electron chi connectivity index (χ2n) is 5.91. The minimum Gasteiger partial charge on any atom is -0.389 e. The number of hydrogen-bond donors (Lipinski definition) is 1. The number of ether oxygens (including phenoxy) is 1. The fraction of sp³-hybridized carbons (Fsp3) is 0.733. The van der Waals surface area contributed by atoms with E-state index in [1.165, 1.54) is 0 Å². The quantitative estimate of drug-likeness (QED) is 0.897. The lowest BCUT2D eigenvalue weighted by Crippen LogP contribution is -2.38. The molecule has 0 aliphatic carbocycles. The first-order chi connectivity index (χ1) is 10.0. The fourth-order valence-corrected chi connectivity index (χ4v) is 2.54. The van der Waals surface area contributed by atoms with Crippen LogP contribution in [0.1, 0.15) is 37.0 Å². The van der Waals surface area contributed by atoms with Crippen molar-refractivity contribution >= 4 is 5.91 Å². The summed E-state index contributed by atoms with van der Waals surface area (Å²) >= 11 is 0. The summed E-state index contributed by atoms with van der Waals surface area (Å²) in [6.07, 6.45) is 0.239. The fourth-order valence-electron chi connectivity index (χ4n) is 2.54. The lowest BCUT2D eigenvalue weighted by Gasteiger charge is -2.21. The van der Waals surface area contributed by atoms with Gasteiger partial charge < -0.3 is 14.7 Å². The molecule has 1 aromatic heterocycles. The summed E-state index contributed by atoms with van der Waals surface area (Å²) < 4.78 is 7.02. The Morgan fingerprint density at radius 1 is 1.57 bits per heavy atom. The summed E-state index contributed by atoms with van der Waals surface area (Å²) in [4.78, 5) is 14.3.